The van der Waals surface area contributed by atoms with E-state index in [4.69, 9.17) is 9.47 Å². The summed E-state index contributed by atoms with van der Waals surface area (Å²) < 4.78 is 38.2. The number of nitrogens with zero attached hydrogens (tertiary/aromatic N) is 1. The van der Waals surface area contributed by atoms with Crippen molar-refractivity contribution in [3.63, 3.8) is 0 Å². The molecule has 2 fully saturated rings. The molecule has 1 saturated heterocycles. The van der Waals surface area contributed by atoms with Crippen LogP contribution >= 0.6 is 0 Å². The number of rotatable bonds is 4. The molecule has 8 nitrogen and oxygen atoms in total. The number of likely N-dealkylation sites (tertiary alicyclic amines) is 1. The highest BCUT2D eigenvalue weighted by Crippen LogP contribution is 2.41. The van der Waals surface area contributed by atoms with Crippen molar-refractivity contribution in [2.24, 2.45) is 11.8 Å². The van der Waals surface area contributed by atoms with Crippen LogP contribution in [0.1, 0.15) is 56.8 Å². The van der Waals surface area contributed by atoms with Crippen LogP contribution in [0.15, 0.2) is 12.1 Å². The summed E-state index contributed by atoms with van der Waals surface area (Å²) in [5.74, 6) is -5.39. The van der Waals surface area contributed by atoms with Gasteiger partial charge >= 0.3 is 18.0 Å². The van der Waals surface area contributed by atoms with E-state index >= 15 is 0 Å². The number of carboxylic acids is 2. The highest BCUT2D eigenvalue weighted by molar-refractivity contribution is 5.90. The molecule has 1 aliphatic heterocycles. The van der Waals surface area contributed by atoms with E-state index in [9.17, 15) is 33.4 Å². The minimum atomic E-state index is -1.44. The molecule has 0 radical (unpaired) electrons. The van der Waals surface area contributed by atoms with Gasteiger partial charge in [-0.1, -0.05) is 0 Å². The summed E-state index contributed by atoms with van der Waals surface area (Å²) in [4.78, 5) is 37.1. The molecule has 10 heteroatoms. The Bertz CT molecular complexity index is 914. The number of carboxylic acid groups (broad SMARTS) is 2. The van der Waals surface area contributed by atoms with Gasteiger partial charge in [0.2, 0.25) is 0 Å². The Kier molecular flexibility index (Phi) is 6.61. The first-order valence-corrected chi connectivity index (χ1v) is 10.5. The van der Waals surface area contributed by atoms with Gasteiger partial charge in [-0.25, -0.2) is 23.2 Å². The normalized spacial score (nSPS) is 25.6. The maximum Gasteiger partial charge on any atom is 0.411 e. The van der Waals surface area contributed by atoms with Crippen LogP contribution in [0.4, 0.5) is 13.6 Å². The van der Waals surface area contributed by atoms with Crippen molar-refractivity contribution in [2.75, 3.05) is 6.54 Å². The number of hydrogen-bond donors (Lipinski definition) is 2. The number of aliphatic carboxylic acids is 1. The van der Waals surface area contributed by atoms with Crippen molar-refractivity contribution < 1.29 is 42.9 Å². The second-order valence-corrected chi connectivity index (χ2v) is 9.36. The Morgan fingerprint density at radius 3 is 2.28 bits per heavy atom. The predicted molar refractivity (Wildman–Crippen MR) is 108 cm³/mol. The second kappa shape index (κ2) is 8.91. The molecule has 1 saturated carbocycles. The van der Waals surface area contributed by atoms with Crippen LogP contribution in [0.5, 0.6) is 5.75 Å². The fraction of sp³-hybridized carbons (Fsp3) is 0.591. The van der Waals surface area contributed by atoms with Gasteiger partial charge in [-0.05, 0) is 64.4 Å². The van der Waals surface area contributed by atoms with Gasteiger partial charge in [0.1, 0.15) is 23.0 Å². The average molecular weight is 455 g/mol. The van der Waals surface area contributed by atoms with Gasteiger partial charge in [0.15, 0.2) is 11.6 Å². The summed E-state index contributed by atoms with van der Waals surface area (Å²) in [6.45, 7) is 5.35. The predicted octanol–water partition coefficient (Wildman–Crippen LogP) is 3.92. The van der Waals surface area contributed by atoms with E-state index in [1.165, 1.54) is 4.90 Å². The van der Waals surface area contributed by atoms with E-state index in [1.54, 1.807) is 20.8 Å². The van der Waals surface area contributed by atoms with Crippen LogP contribution in [0.3, 0.4) is 0 Å². The summed E-state index contributed by atoms with van der Waals surface area (Å²) in [6.07, 6.45) is 0.556. The highest BCUT2D eigenvalue weighted by atomic mass is 19.2. The lowest BCUT2D eigenvalue weighted by atomic mass is 9.72. The SMILES string of the molecule is CC(C)(C)OC(=O)N1CC2CCC(Oc3cc(F)c(F)cc3C(=O)O)CC2CC1C(=O)O. The quantitative estimate of drug-likeness (QED) is 0.707. The summed E-state index contributed by atoms with van der Waals surface area (Å²) in [5.41, 5.74) is -1.23. The maximum absolute atomic E-state index is 13.7. The number of halogens is 2. The van der Waals surface area contributed by atoms with Crippen LogP contribution < -0.4 is 4.74 Å². The zero-order chi connectivity index (χ0) is 23.8. The number of ether oxygens (including phenoxy) is 2. The molecule has 3 rings (SSSR count). The van der Waals surface area contributed by atoms with Crippen molar-refractivity contribution in [3.05, 3.63) is 29.3 Å². The molecule has 1 heterocycles. The lowest BCUT2D eigenvalue weighted by Gasteiger charge is -2.46. The summed E-state index contributed by atoms with van der Waals surface area (Å²) in [7, 11) is 0. The number of aromatic carboxylic acids is 1. The Hall–Kier alpha value is -2.91. The fourth-order valence-corrected chi connectivity index (χ4v) is 4.44. The molecule has 1 aromatic rings. The third kappa shape index (κ3) is 5.28. The minimum absolute atomic E-state index is 0.0295. The zero-order valence-electron chi connectivity index (χ0n) is 18.1. The van der Waals surface area contributed by atoms with E-state index in [0.717, 1.165) is 6.07 Å². The first-order chi connectivity index (χ1) is 14.9. The zero-order valence-corrected chi connectivity index (χ0v) is 18.1. The Morgan fingerprint density at radius 2 is 1.69 bits per heavy atom. The molecule has 1 aliphatic carbocycles. The number of benzene rings is 1. The number of fused-ring (bicyclic) bond motifs is 1. The van der Waals surface area contributed by atoms with Crippen LogP contribution in [0.2, 0.25) is 0 Å². The van der Waals surface area contributed by atoms with E-state index in [0.29, 0.717) is 25.3 Å². The topological polar surface area (TPSA) is 113 Å². The lowest BCUT2D eigenvalue weighted by molar-refractivity contribution is -0.147. The van der Waals surface area contributed by atoms with E-state index in [2.05, 4.69) is 0 Å². The van der Waals surface area contributed by atoms with Crippen molar-refractivity contribution in [1.82, 2.24) is 4.90 Å². The summed E-state index contributed by atoms with van der Waals surface area (Å²) >= 11 is 0. The average Bonchev–Trinajstić information content (AvgIpc) is 2.67. The number of piperidine rings is 1. The van der Waals surface area contributed by atoms with Crippen LogP contribution in [-0.2, 0) is 9.53 Å². The Morgan fingerprint density at radius 1 is 1.03 bits per heavy atom. The molecule has 176 valence electrons. The summed E-state index contributed by atoms with van der Waals surface area (Å²) in [5, 5.41) is 18.9. The number of carbonyl (C=O) groups is 3. The van der Waals surface area contributed by atoms with Crippen molar-refractivity contribution in [2.45, 2.75) is 64.2 Å². The Balaban J connectivity index is 1.73. The second-order valence-electron chi connectivity index (χ2n) is 9.36. The number of amides is 1. The van der Waals surface area contributed by atoms with Gasteiger partial charge in [0, 0.05) is 12.6 Å². The molecule has 4 unspecified atom stereocenters. The first-order valence-electron chi connectivity index (χ1n) is 10.5. The molecule has 1 amide bonds. The molecular weight excluding hydrogens is 428 g/mol. The van der Waals surface area contributed by atoms with E-state index in [1.807, 2.05) is 0 Å². The van der Waals surface area contributed by atoms with Crippen LogP contribution in [0, 0.1) is 23.5 Å². The molecular formula is C22H27F2NO7. The molecule has 2 aliphatic rings. The van der Waals surface area contributed by atoms with Gasteiger partial charge < -0.3 is 19.7 Å². The third-order valence-electron chi connectivity index (χ3n) is 5.88. The van der Waals surface area contributed by atoms with Gasteiger partial charge in [0.25, 0.3) is 0 Å². The number of hydrogen-bond acceptors (Lipinski definition) is 5. The molecule has 0 bridgehead atoms. The molecule has 32 heavy (non-hydrogen) atoms. The van der Waals surface area contributed by atoms with Crippen molar-refractivity contribution in [3.8, 4) is 5.75 Å². The third-order valence-corrected chi connectivity index (χ3v) is 5.88. The van der Waals surface area contributed by atoms with Crippen LogP contribution in [-0.4, -0.2) is 57.4 Å². The molecule has 0 aromatic heterocycles. The van der Waals surface area contributed by atoms with E-state index in [-0.39, 0.29) is 30.6 Å². The number of carbonyl (C=O) groups excluding carboxylic acids is 1. The van der Waals surface area contributed by atoms with Crippen LogP contribution in [0.25, 0.3) is 0 Å². The molecule has 0 spiro atoms. The molecule has 2 N–H and O–H groups in total. The maximum atomic E-state index is 13.7. The largest absolute Gasteiger partial charge is 0.489 e. The minimum Gasteiger partial charge on any atom is -0.489 e. The van der Waals surface area contributed by atoms with Crippen molar-refractivity contribution in [1.29, 1.82) is 0 Å². The standard InChI is InChI=1S/C22H27F2NO7/c1-22(2,3)32-21(30)25-10-11-4-5-13(6-12(11)7-17(25)20(28)29)31-18-9-16(24)15(23)8-14(18)19(26)27/h8-9,11-13,17H,4-7,10H2,1-3H3,(H,26,27)(H,28,29). The highest BCUT2D eigenvalue weighted by Gasteiger charge is 2.45. The molecule has 1 aromatic carbocycles. The lowest BCUT2D eigenvalue weighted by Crippen LogP contribution is -2.56. The summed E-state index contributed by atoms with van der Waals surface area (Å²) in [6, 6.07) is 0.247. The smallest absolute Gasteiger partial charge is 0.411 e. The van der Waals surface area contributed by atoms with Gasteiger partial charge in [-0.2, -0.15) is 0 Å². The van der Waals surface area contributed by atoms with Gasteiger partial charge in [-0.15, -0.1) is 0 Å². The molecule has 4 atom stereocenters. The Labute approximate surface area is 184 Å². The van der Waals surface area contributed by atoms with Gasteiger partial charge in [0.05, 0.1) is 6.10 Å². The fourth-order valence-electron chi connectivity index (χ4n) is 4.44. The van der Waals surface area contributed by atoms with Crippen molar-refractivity contribution >= 4 is 18.0 Å². The monoisotopic (exact) mass is 455 g/mol. The van der Waals surface area contributed by atoms with Gasteiger partial charge in [-0.3, -0.25) is 4.90 Å². The first kappa shape index (κ1) is 23.7. The van der Waals surface area contributed by atoms with E-state index < -0.39 is 53.0 Å².